The summed E-state index contributed by atoms with van der Waals surface area (Å²) in [7, 11) is 1.38. The Morgan fingerprint density at radius 1 is 1.29 bits per heavy atom. The van der Waals surface area contributed by atoms with Crippen LogP contribution in [-0.4, -0.2) is 22.7 Å². The molecule has 1 heterocycles. The van der Waals surface area contributed by atoms with E-state index in [9.17, 15) is 4.79 Å². The summed E-state index contributed by atoms with van der Waals surface area (Å²) in [6, 6.07) is 9.35. The molecule has 0 atom stereocenters. The molecule has 0 radical (unpaired) electrons. The van der Waals surface area contributed by atoms with E-state index in [1.165, 1.54) is 18.6 Å². The van der Waals surface area contributed by atoms with Crippen LogP contribution in [0.4, 0.5) is 0 Å². The minimum absolute atomic E-state index is 0.330. The van der Waals surface area contributed by atoms with Gasteiger partial charge in [-0.25, -0.2) is 4.79 Å². The average Bonchev–Trinajstić information content (AvgIpc) is 2.85. The van der Waals surface area contributed by atoms with Gasteiger partial charge in [-0.15, -0.1) is 5.10 Å². The standard InChI is InChI=1S/C12H8N2O2S/c1-16-12(15)8-2-4-9-7(6-8)3-5-10-11(9)13-14-17-10/h2-6H,1H3. The highest BCUT2D eigenvalue weighted by molar-refractivity contribution is 7.13. The minimum atomic E-state index is -0.330. The lowest BCUT2D eigenvalue weighted by molar-refractivity contribution is 0.0601. The second kappa shape index (κ2) is 3.78. The Labute approximate surface area is 101 Å². The highest BCUT2D eigenvalue weighted by Gasteiger charge is 2.08. The lowest BCUT2D eigenvalue weighted by atomic mass is 10.1. The van der Waals surface area contributed by atoms with Gasteiger partial charge in [0.1, 0.15) is 5.52 Å². The van der Waals surface area contributed by atoms with E-state index in [1.807, 2.05) is 18.2 Å². The van der Waals surface area contributed by atoms with Gasteiger partial charge in [-0.05, 0) is 35.1 Å². The predicted octanol–water partition coefficient (Wildman–Crippen LogP) is 2.63. The van der Waals surface area contributed by atoms with Crippen LogP contribution in [0.25, 0.3) is 21.0 Å². The van der Waals surface area contributed by atoms with Crippen LogP contribution in [0.2, 0.25) is 0 Å². The van der Waals surface area contributed by atoms with Gasteiger partial charge in [0.2, 0.25) is 0 Å². The fourth-order valence-electron chi connectivity index (χ4n) is 1.82. The molecule has 2 aromatic carbocycles. The molecule has 1 aromatic heterocycles. The van der Waals surface area contributed by atoms with Gasteiger partial charge in [-0.1, -0.05) is 16.6 Å². The van der Waals surface area contributed by atoms with Crippen LogP contribution in [0.5, 0.6) is 0 Å². The Kier molecular flexibility index (Phi) is 2.26. The van der Waals surface area contributed by atoms with E-state index >= 15 is 0 Å². The third-order valence-electron chi connectivity index (χ3n) is 2.66. The van der Waals surface area contributed by atoms with Gasteiger partial charge >= 0.3 is 5.97 Å². The summed E-state index contributed by atoms with van der Waals surface area (Å²) >= 11 is 1.36. The summed E-state index contributed by atoms with van der Waals surface area (Å²) in [5, 5.41) is 6.06. The summed E-state index contributed by atoms with van der Waals surface area (Å²) < 4.78 is 9.66. The van der Waals surface area contributed by atoms with Gasteiger partial charge in [0.25, 0.3) is 0 Å². The number of fused-ring (bicyclic) bond motifs is 3. The van der Waals surface area contributed by atoms with Crippen molar-refractivity contribution in [2.75, 3.05) is 7.11 Å². The summed E-state index contributed by atoms with van der Waals surface area (Å²) in [5.41, 5.74) is 1.42. The number of carbonyl (C=O) groups is 1. The summed E-state index contributed by atoms with van der Waals surface area (Å²) in [5.74, 6) is -0.330. The molecule has 5 heteroatoms. The first kappa shape index (κ1) is 10.2. The largest absolute Gasteiger partial charge is 0.465 e. The van der Waals surface area contributed by atoms with Crippen molar-refractivity contribution < 1.29 is 9.53 Å². The number of rotatable bonds is 1. The Bertz CT molecular complexity index is 721. The van der Waals surface area contributed by atoms with Crippen molar-refractivity contribution >= 4 is 38.5 Å². The van der Waals surface area contributed by atoms with E-state index in [1.54, 1.807) is 12.1 Å². The molecule has 3 aromatic rings. The SMILES string of the molecule is COC(=O)c1ccc2c(ccc3snnc32)c1. The molecule has 4 nitrogen and oxygen atoms in total. The lowest BCUT2D eigenvalue weighted by Crippen LogP contribution is -2.00. The van der Waals surface area contributed by atoms with Gasteiger partial charge in [-0.3, -0.25) is 0 Å². The quantitative estimate of drug-likeness (QED) is 0.617. The van der Waals surface area contributed by atoms with E-state index in [4.69, 9.17) is 4.74 Å². The van der Waals surface area contributed by atoms with Crippen LogP contribution in [-0.2, 0) is 4.74 Å². The molecule has 0 aliphatic rings. The first-order valence-electron chi connectivity index (χ1n) is 5.03. The van der Waals surface area contributed by atoms with Crippen molar-refractivity contribution in [1.82, 2.24) is 9.59 Å². The second-order valence-electron chi connectivity index (χ2n) is 3.61. The van der Waals surface area contributed by atoms with Crippen molar-refractivity contribution in [2.45, 2.75) is 0 Å². The van der Waals surface area contributed by atoms with E-state index in [-0.39, 0.29) is 5.97 Å². The zero-order chi connectivity index (χ0) is 11.8. The number of nitrogens with zero attached hydrogens (tertiary/aromatic N) is 2. The number of ether oxygens (including phenoxy) is 1. The van der Waals surface area contributed by atoms with Crippen LogP contribution in [0.15, 0.2) is 30.3 Å². The Morgan fingerprint density at radius 3 is 3.00 bits per heavy atom. The number of carbonyl (C=O) groups excluding carboxylic acids is 1. The second-order valence-corrected chi connectivity index (χ2v) is 4.40. The maximum absolute atomic E-state index is 11.4. The van der Waals surface area contributed by atoms with Crippen LogP contribution in [0, 0.1) is 0 Å². The molecule has 0 fully saturated rings. The van der Waals surface area contributed by atoms with E-state index < -0.39 is 0 Å². The number of benzene rings is 2. The van der Waals surface area contributed by atoms with Crippen LogP contribution in [0.1, 0.15) is 10.4 Å². The van der Waals surface area contributed by atoms with E-state index in [0.717, 1.165) is 21.0 Å². The maximum atomic E-state index is 11.4. The highest BCUT2D eigenvalue weighted by atomic mass is 32.1. The number of hydrogen-bond acceptors (Lipinski definition) is 5. The van der Waals surface area contributed by atoms with Crippen molar-refractivity contribution in [3.63, 3.8) is 0 Å². The van der Waals surface area contributed by atoms with Gasteiger partial charge < -0.3 is 4.74 Å². The third kappa shape index (κ3) is 1.55. The number of aromatic nitrogens is 2. The Balaban J connectivity index is 2.30. The van der Waals surface area contributed by atoms with Crippen LogP contribution in [0.3, 0.4) is 0 Å². The average molecular weight is 244 g/mol. The van der Waals surface area contributed by atoms with Crippen molar-refractivity contribution in [3.05, 3.63) is 35.9 Å². The topological polar surface area (TPSA) is 52.1 Å². The molecule has 0 saturated heterocycles. The smallest absolute Gasteiger partial charge is 0.337 e. The Morgan fingerprint density at radius 2 is 2.18 bits per heavy atom. The predicted molar refractivity (Wildman–Crippen MR) is 66.3 cm³/mol. The zero-order valence-electron chi connectivity index (χ0n) is 9.01. The zero-order valence-corrected chi connectivity index (χ0v) is 9.82. The fourth-order valence-corrected chi connectivity index (χ4v) is 2.40. The molecule has 0 aliphatic heterocycles. The lowest BCUT2D eigenvalue weighted by Gasteiger charge is -2.02. The van der Waals surface area contributed by atoms with Gasteiger partial charge in [0, 0.05) is 5.39 Å². The molecule has 0 unspecified atom stereocenters. The van der Waals surface area contributed by atoms with Gasteiger partial charge in [-0.2, -0.15) is 0 Å². The van der Waals surface area contributed by atoms with Crippen LogP contribution < -0.4 is 0 Å². The molecule has 0 amide bonds. The number of esters is 1. The van der Waals surface area contributed by atoms with Crippen molar-refractivity contribution in [2.24, 2.45) is 0 Å². The van der Waals surface area contributed by atoms with Gasteiger partial charge in [0.05, 0.1) is 17.4 Å². The molecule has 84 valence electrons. The minimum Gasteiger partial charge on any atom is -0.465 e. The summed E-state index contributed by atoms with van der Waals surface area (Å²) in [6.45, 7) is 0. The van der Waals surface area contributed by atoms with E-state index in [2.05, 4.69) is 9.59 Å². The summed E-state index contributed by atoms with van der Waals surface area (Å²) in [6.07, 6.45) is 0. The molecule has 0 saturated carbocycles. The fraction of sp³-hybridized carbons (Fsp3) is 0.0833. The third-order valence-corrected chi connectivity index (χ3v) is 3.34. The summed E-state index contributed by atoms with van der Waals surface area (Å²) in [4.78, 5) is 11.4. The molecule has 17 heavy (non-hydrogen) atoms. The molecule has 0 N–H and O–H groups in total. The monoisotopic (exact) mass is 244 g/mol. The molecular weight excluding hydrogens is 236 g/mol. The molecule has 0 spiro atoms. The van der Waals surface area contributed by atoms with Gasteiger partial charge in [0.15, 0.2) is 0 Å². The molecule has 0 aliphatic carbocycles. The Hall–Kier alpha value is -2.01. The first-order chi connectivity index (χ1) is 8.29. The van der Waals surface area contributed by atoms with Crippen molar-refractivity contribution in [3.8, 4) is 0 Å². The maximum Gasteiger partial charge on any atom is 0.337 e. The molecule has 0 bridgehead atoms. The number of hydrogen-bond donors (Lipinski definition) is 0. The molecule has 3 rings (SSSR count). The van der Waals surface area contributed by atoms with E-state index in [0.29, 0.717) is 5.56 Å². The van der Waals surface area contributed by atoms with Crippen LogP contribution >= 0.6 is 11.5 Å². The first-order valence-corrected chi connectivity index (χ1v) is 5.80. The molecular formula is C12H8N2O2S. The van der Waals surface area contributed by atoms with Crippen molar-refractivity contribution in [1.29, 1.82) is 0 Å². The number of methoxy groups -OCH3 is 1. The highest BCUT2D eigenvalue weighted by Crippen LogP contribution is 2.26. The normalized spacial score (nSPS) is 10.9.